The number of carbonyl (C=O) groups is 2. The van der Waals surface area contributed by atoms with E-state index in [-0.39, 0.29) is 18.9 Å². The van der Waals surface area contributed by atoms with Gasteiger partial charge in [0, 0.05) is 13.0 Å². The monoisotopic (exact) mass is 371 g/mol. The average molecular weight is 371 g/mol. The first-order valence-corrected chi connectivity index (χ1v) is 8.79. The van der Waals surface area contributed by atoms with Crippen LogP contribution in [0.2, 0.25) is 0 Å². The maximum Gasteiger partial charge on any atom is 0.306 e. The molecule has 0 atom stereocenters. The molecular formula is C21H25NO5. The molecule has 0 unspecified atom stereocenters. The van der Waals surface area contributed by atoms with Crippen LogP contribution in [0, 0.1) is 0 Å². The van der Waals surface area contributed by atoms with Crippen LogP contribution in [-0.2, 0) is 27.2 Å². The van der Waals surface area contributed by atoms with Crippen molar-refractivity contribution in [1.82, 2.24) is 5.32 Å². The number of methoxy groups -OCH3 is 2. The Bertz CT molecular complexity index is 725. The molecule has 2 aromatic carbocycles. The van der Waals surface area contributed by atoms with Gasteiger partial charge in [-0.15, -0.1) is 0 Å². The van der Waals surface area contributed by atoms with Crippen molar-refractivity contribution in [3.8, 4) is 11.5 Å². The van der Waals surface area contributed by atoms with Gasteiger partial charge in [-0.3, -0.25) is 9.59 Å². The first kappa shape index (κ1) is 20.3. The van der Waals surface area contributed by atoms with Gasteiger partial charge >= 0.3 is 5.97 Å². The molecule has 0 radical (unpaired) electrons. The van der Waals surface area contributed by atoms with Crippen LogP contribution in [0.4, 0.5) is 0 Å². The van der Waals surface area contributed by atoms with Crippen LogP contribution in [0.25, 0.3) is 0 Å². The van der Waals surface area contributed by atoms with Gasteiger partial charge in [-0.2, -0.15) is 0 Å². The lowest BCUT2D eigenvalue weighted by atomic mass is 10.1. The quantitative estimate of drug-likeness (QED) is 0.650. The molecular weight excluding hydrogens is 346 g/mol. The summed E-state index contributed by atoms with van der Waals surface area (Å²) in [5, 5.41) is 2.74. The molecule has 0 saturated carbocycles. The van der Waals surface area contributed by atoms with Crippen molar-refractivity contribution >= 4 is 11.9 Å². The molecule has 1 amide bonds. The van der Waals surface area contributed by atoms with Gasteiger partial charge in [0.15, 0.2) is 6.61 Å². The molecule has 27 heavy (non-hydrogen) atoms. The van der Waals surface area contributed by atoms with Gasteiger partial charge in [0.2, 0.25) is 0 Å². The molecule has 0 aromatic heterocycles. The highest BCUT2D eigenvalue weighted by atomic mass is 16.5. The van der Waals surface area contributed by atoms with Gasteiger partial charge in [0.1, 0.15) is 11.5 Å². The fraction of sp³-hybridized carbons (Fsp3) is 0.333. The van der Waals surface area contributed by atoms with Crippen molar-refractivity contribution in [1.29, 1.82) is 0 Å². The summed E-state index contributed by atoms with van der Waals surface area (Å²) in [4.78, 5) is 23.5. The van der Waals surface area contributed by atoms with E-state index in [4.69, 9.17) is 14.2 Å². The maximum atomic E-state index is 11.8. The van der Waals surface area contributed by atoms with E-state index in [0.717, 1.165) is 22.6 Å². The minimum Gasteiger partial charge on any atom is -0.497 e. The van der Waals surface area contributed by atoms with E-state index in [0.29, 0.717) is 19.4 Å². The maximum absolute atomic E-state index is 11.8. The van der Waals surface area contributed by atoms with Crippen LogP contribution in [0.15, 0.2) is 48.5 Å². The van der Waals surface area contributed by atoms with Crippen molar-refractivity contribution in [2.75, 3.05) is 27.4 Å². The molecule has 2 rings (SSSR count). The highest BCUT2D eigenvalue weighted by Gasteiger charge is 2.08. The molecule has 1 N–H and O–H groups in total. The van der Waals surface area contributed by atoms with Gasteiger partial charge in [-0.1, -0.05) is 24.3 Å². The zero-order valence-electron chi connectivity index (χ0n) is 15.7. The lowest BCUT2D eigenvalue weighted by Crippen LogP contribution is -2.30. The van der Waals surface area contributed by atoms with Gasteiger partial charge in [-0.05, 0) is 48.2 Å². The van der Waals surface area contributed by atoms with Crippen LogP contribution in [0.5, 0.6) is 11.5 Å². The highest BCUT2D eigenvalue weighted by Crippen LogP contribution is 2.13. The summed E-state index contributed by atoms with van der Waals surface area (Å²) in [5.41, 5.74) is 2.10. The zero-order chi connectivity index (χ0) is 19.5. The third-order valence-electron chi connectivity index (χ3n) is 4.04. The van der Waals surface area contributed by atoms with E-state index in [1.807, 2.05) is 48.5 Å². The number of aryl methyl sites for hydroxylation is 1. The lowest BCUT2D eigenvalue weighted by Gasteiger charge is -2.08. The third kappa shape index (κ3) is 7.40. The summed E-state index contributed by atoms with van der Waals surface area (Å²) in [7, 11) is 3.22. The molecule has 0 heterocycles. The second-order valence-electron chi connectivity index (χ2n) is 5.96. The van der Waals surface area contributed by atoms with Crippen LogP contribution < -0.4 is 14.8 Å². The van der Waals surface area contributed by atoms with Crippen molar-refractivity contribution < 1.29 is 23.8 Å². The Morgan fingerprint density at radius 1 is 0.815 bits per heavy atom. The molecule has 0 aliphatic rings. The topological polar surface area (TPSA) is 73.9 Å². The Hall–Kier alpha value is -3.02. The fourth-order valence-electron chi connectivity index (χ4n) is 2.45. The van der Waals surface area contributed by atoms with Crippen molar-refractivity contribution in [3.05, 3.63) is 59.7 Å². The summed E-state index contributed by atoms with van der Waals surface area (Å²) in [6.07, 6.45) is 1.48. The molecule has 6 nitrogen and oxygen atoms in total. The van der Waals surface area contributed by atoms with Crippen LogP contribution in [0.1, 0.15) is 17.5 Å². The Kier molecular flexibility index (Phi) is 8.16. The molecule has 6 heteroatoms. The molecule has 144 valence electrons. The van der Waals surface area contributed by atoms with E-state index in [9.17, 15) is 9.59 Å². The van der Waals surface area contributed by atoms with Gasteiger partial charge in [0.25, 0.3) is 5.91 Å². The van der Waals surface area contributed by atoms with E-state index in [1.165, 1.54) is 0 Å². The predicted molar refractivity (Wildman–Crippen MR) is 102 cm³/mol. The Balaban J connectivity index is 1.60. The summed E-state index contributed by atoms with van der Waals surface area (Å²) in [6.45, 7) is 0.221. The number of esters is 1. The van der Waals surface area contributed by atoms with E-state index in [1.54, 1.807) is 14.2 Å². The molecule has 0 aliphatic heterocycles. The number of ether oxygens (including phenoxy) is 3. The number of amides is 1. The number of benzene rings is 2. The van der Waals surface area contributed by atoms with Crippen LogP contribution in [0.3, 0.4) is 0 Å². The standard InChI is InChI=1S/C21H25NO5/c1-25-18-8-3-16(4-9-18)7-12-21(24)27-15-20(23)22-14-13-17-5-10-19(26-2)11-6-17/h3-6,8-11H,7,12-15H2,1-2H3,(H,22,23). The average Bonchev–Trinajstić information content (AvgIpc) is 2.71. The van der Waals surface area contributed by atoms with Crippen LogP contribution in [-0.4, -0.2) is 39.2 Å². The number of rotatable bonds is 10. The molecule has 0 aliphatic carbocycles. The summed E-state index contributed by atoms with van der Waals surface area (Å²) < 4.78 is 15.2. The number of hydrogen-bond donors (Lipinski definition) is 1. The summed E-state index contributed by atoms with van der Waals surface area (Å²) >= 11 is 0. The van der Waals surface area contributed by atoms with Gasteiger partial charge in [0.05, 0.1) is 14.2 Å². The largest absolute Gasteiger partial charge is 0.497 e. The second-order valence-corrected chi connectivity index (χ2v) is 5.96. The summed E-state index contributed by atoms with van der Waals surface area (Å²) in [5.74, 6) is 0.870. The van der Waals surface area contributed by atoms with Crippen molar-refractivity contribution in [3.63, 3.8) is 0 Å². The molecule has 0 spiro atoms. The van der Waals surface area contributed by atoms with Crippen molar-refractivity contribution in [2.24, 2.45) is 0 Å². The van der Waals surface area contributed by atoms with Crippen molar-refractivity contribution in [2.45, 2.75) is 19.3 Å². The number of hydrogen-bond acceptors (Lipinski definition) is 5. The minimum absolute atomic E-state index is 0.228. The summed E-state index contributed by atoms with van der Waals surface area (Å²) in [6, 6.07) is 15.1. The smallest absolute Gasteiger partial charge is 0.306 e. The minimum atomic E-state index is -0.392. The molecule has 2 aromatic rings. The SMILES string of the molecule is COc1ccc(CCNC(=O)COC(=O)CCc2ccc(OC)cc2)cc1. The van der Waals surface area contributed by atoms with Crippen LogP contribution >= 0.6 is 0 Å². The molecule has 0 bridgehead atoms. The zero-order valence-corrected chi connectivity index (χ0v) is 15.7. The number of carbonyl (C=O) groups excluding carboxylic acids is 2. The first-order valence-electron chi connectivity index (χ1n) is 8.79. The Morgan fingerprint density at radius 3 is 1.85 bits per heavy atom. The fourth-order valence-corrected chi connectivity index (χ4v) is 2.45. The number of nitrogens with one attached hydrogen (secondary N) is 1. The van der Waals surface area contributed by atoms with E-state index in [2.05, 4.69) is 5.32 Å². The van der Waals surface area contributed by atoms with Gasteiger partial charge < -0.3 is 19.5 Å². The first-order chi connectivity index (χ1) is 13.1. The highest BCUT2D eigenvalue weighted by molar-refractivity contribution is 5.80. The normalized spacial score (nSPS) is 10.1. The van der Waals surface area contributed by atoms with E-state index < -0.39 is 5.97 Å². The second kappa shape index (κ2) is 10.9. The lowest BCUT2D eigenvalue weighted by molar-refractivity contribution is -0.148. The Morgan fingerprint density at radius 2 is 1.33 bits per heavy atom. The Labute approximate surface area is 159 Å². The molecule has 0 saturated heterocycles. The molecule has 0 fully saturated rings. The van der Waals surface area contributed by atoms with Gasteiger partial charge in [-0.25, -0.2) is 0 Å². The third-order valence-corrected chi connectivity index (χ3v) is 4.04. The van der Waals surface area contributed by atoms with E-state index >= 15 is 0 Å². The predicted octanol–water partition coefficient (Wildman–Crippen LogP) is 2.54.